The monoisotopic (exact) mass is 457 g/mol. The van der Waals surface area contributed by atoms with Gasteiger partial charge in [0.1, 0.15) is 0 Å². The molecule has 6 nitrogen and oxygen atoms in total. The molecule has 0 unspecified atom stereocenters. The van der Waals surface area contributed by atoms with Gasteiger partial charge in [0, 0.05) is 22.1 Å². The summed E-state index contributed by atoms with van der Waals surface area (Å²) in [6, 6.07) is 7.80. The van der Waals surface area contributed by atoms with E-state index in [2.05, 4.69) is 14.7 Å². The first-order valence-corrected chi connectivity index (χ1v) is 11.6. The van der Waals surface area contributed by atoms with E-state index in [1.54, 1.807) is 17.8 Å². The van der Waals surface area contributed by atoms with Crippen LogP contribution in [0.15, 0.2) is 39.9 Å². The zero-order valence-corrected chi connectivity index (χ0v) is 19.4. The summed E-state index contributed by atoms with van der Waals surface area (Å²) in [5, 5.41) is 15.5. The van der Waals surface area contributed by atoms with Gasteiger partial charge in [0.25, 0.3) is 5.91 Å². The number of fused-ring (bicyclic) bond motifs is 1. The van der Waals surface area contributed by atoms with Crippen LogP contribution in [-0.4, -0.2) is 36.6 Å². The van der Waals surface area contributed by atoms with Crippen molar-refractivity contribution in [1.82, 2.24) is 9.58 Å². The molecule has 2 aliphatic rings. The van der Waals surface area contributed by atoms with Crippen LogP contribution in [0.4, 0.5) is 0 Å². The van der Waals surface area contributed by atoms with E-state index in [0.29, 0.717) is 10.2 Å². The maximum absolute atomic E-state index is 12.7. The van der Waals surface area contributed by atoms with E-state index in [4.69, 9.17) is 17.0 Å². The number of thioether (sulfide) groups is 2. The fourth-order valence-corrected chi connectivity index (χ4v) is 5.54. The summed E-state index contributed by atoms with van der Waals surface area (Å²) in [6.45, 7) is 8.07. The second-order valence-corrected chi connectivity index (χ2v) is 9.82. The Labute approximate surface area is 188 Å². The Hall–Kier alpha value is -2.29. The van der Waals surface area contributed by atoms with Crippen LogP contribution in [0.5, 0.6) is 0 Å². The number of amides is 1. The third-order valence-electron chi connectivity index (χ3n) is 4.87. The van der Waals surface area contributed by atoms with Gasteiger partial charge in [-0.1, -0.05) is 30.3 Å². The minimum atomic E-state index is -0.413. The molecule has 0 fully saturated rings. The summed E-state index contributed by atoms with van der Waals surface area (Å²) in [6.07, 6.45) is 1.74. The molecule has 0 radical (unpaired) electrons. The zero-order chi connectivity index (χ0) is 21.6. The van der Waals surface area contributed by atoms with E-state index in [1.807, 2.05) is 52.0 Å². The number of aryl methyl sites for hydroxylation is 2. The number of hydrazone groups is 1. The molecule has 1 N–H and O–H groups in total. The lowest BCUT2D eigenvalue weighted by Crippen LogP contribution is -2.35. The zero-order valence-electron chi connectivity index (χ0n) is 17.0. The second-order valence-electron chi connectivity index (χ2n) is 6.91. The number of carbonyl (C=O) groups excluding carboxylic acids is 1. The van der Waals surface area contributed by atoms with Crippen molar-refractivity contribution in [2.24, 2.45) is 10.1 Å². The normalized spacial score (nSPS) is 17.5. The fourth-order valence-electron chi connectivity index (χ4n) is 3.49. The van der Waals surface area contributed by atoms with E-state index in [-0.39, 0.29) is 11.4 Å². The van der Waals surface area contributed by atoms with Gasteiger partial charge >= 0.3 is 0 Å². The molecular weight excluding hydrogens is 438 g/mol. The third kappa shape index (κ3) is 3.64. The van der Waals surface area contributed by atoms with Crippen LogP contribution >= 0.6 is 35.1 Å². The Morgan fingerprint density at radius 2 is 2.03 bits per heavy atom. The van der Waals surface area contributed by atoms with Gasteiger partial charge in [-0.15, -0.1) is 5.10 Å². The van der Waals surface area contributed by atoms with Crippen LogP contribution in [-0.2, 0) is 4.79 Å². The number of hydrogen-bond acceptors (Lipinski definition) is 5. The predicted octanol–water partition coefficient (Wildman–Crippen LogP) is 5.39. The Bertz CT molecular complexity index is 1180. The molecule has 0 atom stereocenters. The molecule has 0 bridgehead atoms. The van der Waals surface area contributed by atoms with Crippen LogP contribution in [0.3, 0.4) is 0 Å². The largest absolute Gasteiger partial charge is 0.318 e. The Kier molecular flexibility index (Phi) is 5.65. The number of aromatic nitrogens is 1. The molecule has 0 spiro atoms. The molecule has 9 heteroatoms. The van der Waals surface area contributed by atoms with Crippen LogP contribution in [0.1, 0.15) is 29.4 Å². The molecule has 0 saturated carbocycles. The maximum Gasteiger partial charge on any atom is 0.283 e. The molecule has 0 aliphatic carbocycles. The average molecular weight is 458 g/mol. The van der Waals surface area contributed by atoms with Gasteiger partial charge in [-0.3, -0.25) is 10.2 Å². The van der Waals surface area contributed by atoms with Gasteiger partial charge in [0.15, 0.2) is 10.2 Å². The van der Waals surface area contributed by atoms with Crippen molar-refractivity contribution in [2.75, 3.05) is 5.75 Å². The van der Waals surface area contributed by atoms with Crippen LogP contribution in [0.25, 0.3) is 11.8 Å². The van der Waals surface area contributed by atoms with Crippen LogP contribution < -0.4 is 0 Å². The topological polar surface area (TPSA) is 73.8 Å². The van der Waals surface area contributed by atoms with Gasteiger partial charge in [0.05, 0.1) is 5.57 Å². The summed E-state index contributed by atoms with van der Waals surface area (Å²) >= 11 is 9.01. The standard InChI is InChI=1S/C21H20ClN5OS2/c1-5-29-21-25-27-18(23)16(19(28)24-20(27)30-21)10-14-9-12(3)26(13(14)4)17-7-6-15(22)8-11(17)2/h6-10,23H,5H2,1-4H3. The number of rotatable bonds is 3. The van der Waals surface area contributed by atoms with Crippen molar-refractivity contribution in [3.05, 3.63) is 57.4 Å². The van der Waals surface area contributed by atoms with Crippen molar-refractivity contribution in [3.63, 3.8) is 0 Å². The van der Waals surface area contributed by atoms with Gasteiger partial charge in [-0.25, -0.2) is 0 Å². The fraction of sp³-hybridized carbons (Fsp3) is 0.238. The van der Waals surface area contributed by atoms with E-state index in [1.165, 1.54) is 16.8 Å². The first-order valence-electron chi connectivity index (χ1n) is 9.38. The average Bonchev–Trinajstić information content (AvgIpc) is 3.20. The highest BCUT2D eigenvalue weighted by Gasteiger charge is 2.35. The number of halogens is 1. The number of benzene rings is 1. The number of amidine groups is 2. The molecule has 3 heterocycles. The quantitative estimate of drug-likeness (QED) is 0.627. The van der Waals surface area contributed by atoms with E-state index < -0.39 is 5.91 Å². The summed E-state index contributed by atoms with van der Waals surface area (Å²) < 4.78 is 2.93. The second kappa shape index (κ2) is 8.09. The third-order valence-corrected chi connectivity index (χ3v) is 7.03. The smallest absolute Gasteiger partial charge is 0.283 e. The Balaban J connectivity index is 1.74. The lowest BCUT2D eigenvalue weighted by Gasteiger charge is -2.20. The highest BCUT2D eigenvalue weighted by atomic mass is 35.5. The van der Waals surface area contributed by atoms with Crippen molar-refractivity contribution in [3.8, 4) is 5.69 Å². The minimum absolute atomic E-state index is 0.0525. The summed E-state index contributed by atoms with van der Waals surface area (Å²) in [5.74, 6) is 0.508. The minimum Gasteiger partial charge on any atom is -0.318 e. The number of nitrogens with one attached hydrogen (secondary N) is 1. The van der Waals surface area contributed by atoms with Crippen LogP contribution in [0, 0.1) is 26.2 Å². The SMILES string of the molecule is CCSC1=NN2C(=N)C(=Cc3cc(C)n(-c4ccc(Cl)cc4C)c3C)C(=O)N=C2S1. The van der Waals surface area contributed by atoms with Crippen LogP contribution in [0.2, 0.25) is 5.02 Å². The van der Waals surface area contributed by atoms with E-state index >= 15 is 0 Å². The van der Waals surface area contributed by atoms with E-state index in [9.17, 15) is 4.79 Å². The number of hydrogen-bond donors (Lipinski definition) is 1. The van der Waals surface area contributed by atoms with Crippen molar-refractivity contribution < 1.29 is 4.79 Å². The molecule has 154 valence electrons. The van der Waals surface area contributed by atoms with Crippen molar-refractivity contribution in [1.29, 1.82) is 5.41 Å². The lowest BCUT2D eigenvalue weighted by atomic mass is 10.1. The molecule has 2 aromatic rings. The molecule has 1 amide bonds. The Morgan fingerprint density at radius 3 is 2.73 bits per heavy atom. The highest BCUT2D eigenvalue weighted by Crippen LogP contribution is 2.33. The molecule has 1 aromatic carbocycles. The highest BCUT2D eigenvalue weighted by molar-refractivity contribution is 8.45. The summed E-state index contributed by atoms with van der Waals surface area (Å²) in [4.78, 5) is 16.8. The number of nitrogens with zero attached hydrogens (tertiary/aromatic N) is 4. The van der Waals surface area contributed by atoms with E-state index in [0.717, 1.165) is 38.3 Å². The predicted molar refractivity (Wildman–Crippen MR) is 128 cm³/mol. The number of aliphatic imine (C=N–C) groups is 1. The van der Waals surface area contributed by atoms with Gasteiger partial charge < -0.3 is 4.57 Å². The van der Waals surface area contributed by atoms with Gasteiger partial charge in [-0.2, -0.15) is 10.0 Å². The number of carbonyl (C=O) groups is 1. The molecule has 30 heavy (non-hydrogen) atoms. The van der Waals surface area contributed by atoms with Crippen molar-refractivity contribution in [2.45, 2.75) is 27.7 Å². The van der Waals surface area contributed by atoms with Gasteiger partial charge in [0.2, 0.25) is 5.17 Å². The summed E-state index contributed by atoms with van der Waals surface area (Å²) in [7, 11) is 0. The first kappa shape index (κ1) is 21.0. The molecule has 2 aliphatic heterocycles. The Morgan fingerprint density at radius 1 is 1.27 bits per heavy atom. The maximum atomic E-state index is 12.7. The molecule has 0 saturated heterocycles. The molecular formula is C21H20ClN5OS2. The van der Waals surface area contributed by atoms with Gasteiger partial charge in [-0.05, 0) is 79.8 Å². The molecule has 1 aromatic heterocycles. The first-order chi connectivity index (χ1) is 14.3. The molecule has 4 rings (SSSR count). The van der Waals surface area contributed by atoms with Crippen molar-refractivity contribution >= 4 is 62.5 Å². The lowest BCUT2D eigenvalue weighted by molar-refractivity contribution is -0.114. The summed E-state index contributed by atoms with van der Waals surface area (Å²) in [5.41, 5.74) is 5.20.